The molecule has 2 unspecified atom stereocenters. The maximum atomic E-state index is 13.1. The molecule has 0 aromatic heterocycles. The Bertz CT molecular complexity index is 871. The summed E-state index contributed by atoms with van der Waals surface area (Å²) in [6, 6.07) is 5.03. The van der Waals surface area contributed by atoms with Crippen LogP contribution in [0.5, 0.6) is 5.75 Å². The predicted octanol–water partition coefficient (Wildman–Crippen LogP) is 3.67. The molecule has 0 radical (unpaired) electrons. The summed E-state index contributed by atoms with van der Waals surface area (Å²) < 4.78 is 33.7. The number of fused-ring (bicyclic) bond motifs is 1. The highest BCUT2D eigenvalue weighted by Crippen LogP contribution is 2.40. The van der Waals surface area contributed by atoms with Crippen LogP contribution in [0.4, 0.5) is 0 Å². The smallest absolute Gasteiger partial charge is 0.261 e. The molecule has 1 saturated carbocycles. The van der Waals surface area contributed by atoms with Crippen molar-refractivity contribution in [3.63, 3.8) is 0 Å². The van der Waals surface area contributed by atoms with E-state index in [4.69, 9.17) is 4.74 Å². The van der Waals surface area contributed by atoms with E-state index in [2.05, 4.69) is 12.2 Å². The van der Waals surface area contributed by atoms with Crippen LogP contribution >= 0.6 is 0 Å². The third kappa shape index (κ3) is 4.37. The number of amides is 1. The van der Waals surface area contributed by atoms with Crippen molar-refractivity contribution in [2.24, 2.45) is 11.8 Å². The maximum absolute atomic E-state index is 13.1. The zero-order chi connectivity index (χ0) is 21.3. The van der Waals surface area contributed by atoms with Crippen LogP contribution in [0.15, 0.2) is 23.1 Å². The van der Waals surface area contributed by atoms with Gasteiger partial charge in [0, 0.05) is 31.1 Å². The summed E-state index contributed by atoms with van der Waals surface area (Å²) in [7, 11) is -3.52. The summed E-state index contributed by atoms with van der Waals surface area (Å²) in [6.45, 7) is 5.94. The second-order valence-electron chi connectivity index (χ2n) is 9.36. The SMILES string of the molecule is CC1CCN(S(=O)(=O)c2ccc3c(c2)C(C)C(C(=O)NCC2CCCCC2)O3)CC1. The van der Waals surface area contributed by atoms with Crippen LogP contribution < -0.4 is 10.1 Å². The first-order valence-corrected chi connectivity index (χ1v) is 12.9. The van der Waals surface area contributed by atoms with Gasteiger partial charge in [-0.3, -0.25) is 4.79 Å². The molecule has 2 heterocycles. The average Bonchev–Trinajstić information content (AvgIpc) is 3.09. The third-order valence-electron chi connectivity index (χ3n) is 7.11. The highest BCUT2D eigenvalue weighted by atomic mass is 32.2. The quantitative estimate of drug-likeness (QED) is 0.767. The maximum Gasteiger partial charge on any atom is 0.261 e. The van der Waals surface area contributed by atoms with Gasteiger partial charge in [0.15, 0.2) is 6.10 Å². The minimum Gasteiger partial charge on any atom is -0.480 e. The lowest BCUT2D eigenvalue weighted by Crippen LogP contribution is -2.41. The lowest BCUT2D eigenvalue weighted by Gasteiger charge is -2.29. The van der Waals surface area contributed by atoms with Crippen molar-refractivity contribution in [3.8, 4) is 5.75 Å². The Balaban J connectivity index is 1.43. The normalized spacial score (nSPS) is 26.2. The minimum atomic E-state index is -3.52. The number of hydrogen-bond acceptors (Lipinski definition) is 4. The van der Waals surface area contributed by atoms with E-state index >= 15 is 0 Å². The second-order valence-corrected chi connectivity index (χ2v) is 11.3. The number of benzene rings is 1. The highest BCUT2D eigenvalue weighted by molar-refractivity contribution is 7.89. The van der Waals surface area contributed by atoms with Crippen molar-refractivity contribution < 1.29 is 17.9 Å². The van der Waals surface area contributed by atoms with Gasteiger partial charge in [-0.15, -0.1) is 0 Å². The molecule has 3 aliphatic rings. The number of hydrogen-bond donors (Lipinski definition) is 1. The van der Waals surface area contributed by atoms with Crippen molar-refractivity contribution in [2.75, 3.05) is 19.6 Å². The Labute approximate surface area is 180 Å². The Morgan fingerprint density at radius 1 is 1.10 bits per heavy atom. The molecule has 1 saturated heterocycles. The molecule has 4 rings (SSSR count). The number of ether oxygens (including phenoxy) is 1. The number of carbonyl (C=O) groups is 1. The number of nitrogens with zero attached hydrogens (tertiary/aromatic N) is 1. The van der Waals surface area contributed by atoms with E-state index in [1.807, 2.05) is 6.92 Å². The van der Waals surface area contributed by atoms with Crippen molar-refractivity contribution in [2.45, 2.75) is 75.7 Å². The first kappa shape index (κ1) is 21.6. The summed E-state index contributed by atoms with van der Waals surface area (Å²) >= 11 is 0. The van der Waals surface area contributed by atoms with Crippen molar-refractivity contribution in [3.05, 3.63) is 23.8 Å². The number of sulfonamides is 1. The second kappa shape index (κ2) is 8.87. The molecule has 2 atom stereocenters. The zero-order valence-corrected chi connectivity index (χ0v) is 18.9. The molecular weight excluding hydrogens is 400 g/mol. The number of rotatable bonds is 5. The van der Waals surface area contributed by atoms with Gasteiger partial charge >= 0.3 is 0 Å². The molecule has 0 spiro atoms. The Hall–Kier alpha value is -1.60. The Morgan fingerprint density at radius 3 is 2.50 bits per heavy atom. The fourth-order valence-corrected chi connectivity index (χ4v) is 6.45. The molecular formula is C23H34N2O4S. The van der Waals surface area contributed by atoms with Gasteiger partial charge in [-0.05, 0) is 55.7 Å². The van der Waals surface area contributed by atoms with E-state index in [0.717, 1.165) is 18.4 Å². The molecule has 30 heavy (non-hydrogen) atoms. The first-order valence-electron chi connectivity index (χ1n) is 11.4. The third-order valence-corrected chi connectivity index (χ3v) is 9.00. The summed E-state index contributed by atoms with van der Waals surface area (Å²) in [5.74, 6) is 1.47. The van der Waals surface area contributed by atoms with E-state index in [1.54, 1.807) is 22.5 Å². The van der Waals surface area contributed by atoms with Crippen molar-refractivity contribution in [1.82, 2.24) is 9.62 Å². The molecule has 1 aromatic carbocycles. The van der Waals surface area contributed by atoms with E-state index < -0.39 is 16.1 Å². The summed E-state index contributed by atoms with van der Waals surface area (Å²) in [5, 5.41) is 3.07. The average molecular weight is 435 g/mol. The van der Waals surface area contributed by atoms with E-state index in [0.29, 0.717) is 42.1 Å². The van der Waals surface area contributed by atoms with Crippen LogP contribution in [0.2, 0.25) is 0 Å². The topological polar surface area (TPSA) is 75.7 Å². The summed E-state index contributed by atoms with van der Waals surface area (Å²) in [4.78, 5) is 13.1. The minimum absolute atomic E-state index is 0.0984. The molecule has 1 amide bonds. The fraction of sp³-hybridized carbons (Fsp3) is 0.696. The van der Waals surface area contributed by atoms with Crippen LogP contribution in [0.1, 0.15) is 70.3 Å². The number of nitrogens with one attached hydrogen (secondary N) is 1. The Morgan fingerprint density at radius 2 is 1.80 bits per heavy atom. The van der Waals surface area contributed by atoms with Gasteiger partial charge in [0.2, 0.25) is 10.0 Å². The van der Waals surface area contributed by atoms with Gasteiger partial charge < -0.3 is 10.1 Å². The molecule has 1 aromatic rings. The van der Waals surface area contributed by atoms with Crippen molar-refractivity contribution >= 4 is 15.9 Å². The first-order chi connectivity index (χ1) is 14.4. The monoisotopic (exact) mass is 434 g/mol. The number of carbonyl (C=O) groups excluding carboxylic acids is 1. The van der Waals surface area contributed by atoms with Gasteiger partial charge in [0.1, 0.15) is 5.75 Å². The summed E-state index contributed by atoms with van der Waals surface area (Å²) in [6.07, 6.45) is 7.34. The zero-order valence-electron chi connectivity index (χ0n) is 18.1. The van der Waals surface area contributed by atoms with Crippen LogP contribution in [0.25, 0.3) is 0 Å². The highest BCUT2D eigenvalue weighted by Gasteiger charge is 2.38. The molecule has 1 N–H and O–H groups in total. The molecule has 2 fully saturated rings. The van der Waals surface area contributed by atoms with Crippen LogP contribution in [0.3, 0.4) is 0 Å². The number of piperidine rings is 1. The lowest BCUT2D eigenvalue weighted by molar-refractivity contribution is -0.128. The molecule has 1 aliphatic carbocycles. The van der Waals surface area contributed by atoms with E-state index in [9.17, 15) is 13.2 Å². The van der Waals surface area contributed by atoms with Gasteiger partial charge in [-0.25, -0.2) is 8.42 Å². The van der Waals surface area contributed by atoms with Crippen molar-refractivity contribution in [1.29, 1.82) is 0 Å². The predicted molar refractivity (Wildman–Crippen MR) is 116 cm³/mol. The molecule has 0 bridgehead atoms. The lowest BCUT2D eigenvalue weighted by atomic mass is 9.89. The van der Waals surface area contributed by atoms with Gasteiger partial charge in [-0.1, -0.05) is 33.1 Å². The Kier molecular flexibility index (Phi) is 6.39. The van der Waals surface area contributed by atoms with Gasteiger partial charge in [-0.2, -0.15) is 4.31 Å². The van der Waals surface area contributed by atoms with Crippen LogP contribution in [0, 0.1) is 11.8 Å². The van der Waals surface area contributed by atoms with Crippen LogP contribution in [-0.2, 0) is 14.8 Å². The summed E-state index contributed by atoms with van der Waals surface area (Å²) in [5.41, 5.74) is 0.805. The largest absolute Gasteiger partial charge is 0.480 e. The van der Waals surface area contributed by atoms with Gasteiger partial charge in [0.05, 0.1) is 4.90 Å². The van der Waals surface area contributed by atoms with E-state index in [-0.39, 0.29) is 11.8 Å². The van der Waals surface area contributed by atoms with Crippen LogP contribution in [-0.4, -0.2) is 44.4 Å². The molecule has 7 heteroatoms. The molecule has 2 aliphatic heterocycles. The van der Waals surface area contributed by atoms with Gasteiger partial charge in [0.25, 0.3) is 5.91 Å². The molecule has 166 valence electrons. The van der Waals surface area contributed by atoms with E-state index in [1.165, 1.54) is 32.1 Å². The molecule has 6 nitrogen and oxygen atoms in total. The fourth-order valence-electron chi connectivity index (χ4n) is 4.94. The standard InChI is InChI=1S/C23H34N2O4S/c1-16-10-12-25(13-11-16)30(27,28)19-8-9-21-20(14-19)17(2)22(29-21)23(26)24-15-18-6-4-3-5-7-18/h8-9,14,16-18,22H,3-7,10-13,15H2,1-2H3,(H,24,26).